The Morgan fingerprint density at radius 1 is 1.10 bits per heavy atom. The van der Waals surface area contributed by atoms with Crippen molar-refractivity contribution in [1.82, 2.24) is 0 Å². The van der Waals surface area contributed by atoms with Crippen LogP contribution < -0.4 is 5.32 Å². The number of aromatic hydroxyl groups is 1. The molecule has 0 fully saturated rings. The van der Waals surface area contributed by atoms with Gasteiger partial charge in [-0.05, 0) is 66.6 Å². The van der Waals surface area contributed by atoms with E-state index in [9.17, 15) is 14.3 Å². The first kappa shape index (κ1) is 20.4. The van der Waals surface area contributed by atoms with Crippen molar-refractivity contribution in [3.63, 3.8) is 0 Å². The number of nitrogens with zero attached hydrogens (tertiary/aromatic N) is 1. The van der Waals surface area contributed by atoms with Crippen LogP contribution in [0.1, 0.15) is 22.3 Å². The molecule has 1 atom stereocenters. The number of benzene rings is 3. The van der Waals surface area contributed by atoms with Crippen molar-refractivity contribution in [2.75, 3.05) is 5.32 Å². The number of aliphatic imine (C=N–C) groups is 1. The first-order valence-electron chi connectivity index (χ1n) is 9.24. The summed E-state index contributed by atoms with van der Waals surface area (Å²) in [6, 6.07) is 13.9. The van der Waals surface area contributed by atoms with E-state index in [1.807, 2.05) is 0 Å². The van der Waals surface area contributed by atoms with Crippen LogP contribution in [0.2, 0.25) is 10.0 Å². The molecular formula is C23H17Cl2FN2O2. The van der Waals surface area contributed by atoms with Crippen LogP contribution >= 0.6 is 23.2 Å². The fraction of sp³-hybridized carbons (Fsp3) is 0.130. The molecule has 4 rings (SSSR count). The van der Waals surface area contributed by atoms with Crippen molar-refractivity contribution in [2.24, 2.45) is 4.99 Å². The van der Waals surface area contributed by atoms with E-state index in [1.54, 1.807) is 49.4 Å². The minimum Gasteiger partial charge on any atom is -0.508 e. The van der Waals surface area contributed by atoms with E-state index in [0.717, 1.165) is 5.56 Å². The minimum absolute atomic E-state index is 0.0230. The molecule has 1 aliphatic heterocycles. The van der Waals surface area contributed by atoms with Crippen molar-refractivity contribution in [1.29, 1.82) is 0 Å². The zero-order valence-corrected chi connectivity index (χ0v) is 17.4. The second-order valence-electron chi connectivity index (χ2n) is 7.13. The van der Waals surface area contributed by atoms with Crippen LogP contribution in [-0.4, -0.2) is 22.8 Å². The number of halogens is 3. The van der Waals surface area contributed by atoms with Gasteiger partial charge in [0.2, 0.25) is 5.91 Å². The summed E-state index contributed by atoms with van der Waals surface area (Å²) in [5.41, 5.74) is 3.83. The number of nitrogens with one attached hydrogen (secondary N) is 1. The van der Waals surface area contributed by atoms with Gasteiger partial charge in [0.05, 0.1) is 16.4 Å². The smallest absolute Gasteiger partial charge is 0.249 e. The number of phenolic OH excluding ortho intramolecular Hbond substituents is 1. The fourth-order valence-corrected chi connectivity index (χ4v) is 3.67. The van der Waals surface area contributed by atoms with E-state index >= 15 is 0 Å². The third-order valence-electron chi connectivity index (χ3n) is 4.97. The van der Waals surface area contributed by atoms with Gasteiger partial charge in [-0.2, -0.15) is 0 Å². The SMILES string of the molecule is Cc1cc(C2=NC(Cc3ccc(Cl)c(F)c3)C(=O)Nc3ccc(Cl)cc32)ccc1O. The molecule has 0 radical (unpaired) electrons. The lowest BCUT2D eigenvalue weighted by Crippen LogP contribution is -2.27. The maximum Gasteiger partial charge on any atom is 0.249 e. The molecule has 0 aromatic heterocycles. The van der Waals surface area contributed by atoms with Gasteiger partial charge in [0, 0.05) is 22.6 Å². The first-order chi connectivity index (χ1) is 14.3. The number of phenols is 1. The Morgan fingerprint density at radius 2 is 1.90 bits per heavy atom. The van der Waals surface area contributed by atoms with Gasteiger partial charge >= 0.3 is 0 Å². The summed E-state index contributed by atoms with van der Waals surface area (Å²) in [6.45, 7) is 1.78. The van der Waals surface area contributed by atoms with Crippen LogP contribution in [0, 0.1) is 12.7 Å². The number of amides is 1. The Bertz CT molecular complexity index is 1190. The highest BCUT2D eigenvalue weighted by Gasteiger charge is 2.26. The standard InChI is InChI=1S/C23H17Cl2FN2O2/c1-12-8-14(3-7-21(12)29)22-16-11-15(24)4-6-19(16)28-23(30)20(27-22)10-13-2-5-17(25)18(26)9-13/h2-9,11,20,29H,10H2,1H3,(H,28,30). The summed E-state index contributed by atoms with van der Waals surface area (Å²) in [4.78, 5) is 17.6. The van der Waals surface area contributed by atoms with Crippen molar-refractivity contribution >= 4 is 40.5 Å². The van der Waals surface area contributed by atoms with Crippen LogP contribution in [0.25, 0.3) is 0 Å². The molecule has 1 aliphatic rings. The molecule has 3 aromatic carbocycles. The average Bonchev–Trinajstić information content (AvgIpc) is 2.84. The zero-order valence-electron chi connectivity index (χ0n) is 15.9. The van der Waals surface area contributed by atoms with Gasteiger partial charge in [0.15, 0.2) is 0 Å². The third kappa shape index (κ3) is 4.04. The number of aryl methyl sites for hydroxylation is 1. The molecule has 30 heavy (non-hydrogen) atoms. The van der Waals surface area contributed by atoms with E-state index in [2.05, 4.69) is 5.32 Å². The highest BCUT2D eigenvalue weighted by atomic mass is 35.5. The van der Waals surface area contributed by atoms with Crippen molar-refractivity contribution in [2.45, 2.75) is 19.4 Å². The molecule has 0 aliphatic carbocycles. The third-order valence-corrected chi connectivity index (χ3v) is 5.51. The predicted octanol–water partition coefficient (Wildman–Crippen LogP) is 5.55. The van der Waals surface area contributed by atoms with E-state index < -0.39 is 11.9 Å². The number of hydrogen-bond donors (Lipinski definition) is 2. The van der Waals surface area contributed by atoms with Crippen LogP contribution in [0.5, 0.6) is 5.75 Å². The van der Waals surface area contributed by atoms with Gasteiger partial charge in [0.1, 0.15) is 17.6 Å². The highest BCUT2D eigenvalue weighted by molar-refractivity contribution is 6.32. The number of anilines is 1. The largest absolute Gasteiger partial charge is 0.508 e. The molecule has 152 valence electrons. The summed E-state index contributed by atoms with van der Waals surface area (Å²) in [5, 5.41) is 13.3. The second kappa shape index (κ2) is 8.09. The predicted molar refractivity (Wildman–Crippen MR) is 117 cm³/mol. The second-order valence-corrected chi connectivity index (χ2v) is 7.97. The Labute approximate surface area is 183 Å². The maximum atomic E-state index is 13.9. The fourth-order valence-electron chi connectivity index (χ4n) is 3.38. The van der Waals surface area contributed by atoms with Crippen molar-refractivity contribution in [3.05, 3.63) is 92.7 Å². The molecule has 0 saturated carbocycles. The van der Waals surface area contributed by atoms with Gasteiger partial charge in [-0.25, -0.2) is 4.39 Å². The maximum absolute atomic E-state index is 13.9. The summed E-state index contributed by atoms with van der Waals surface area (Å²) in [7, 11) is 0. The van der Waals surface area contributed by atoms with E-state index in [0.29, 0.717) is 33.1 Å². The van der Waals surface area contributed by atoms with Crippen LogP contribution in [-0.2, 0) is 11.2 Å². The molecule has 1 heterocycles. The Kier molecular flexibility index (Phi) is 5.50. The van der Waals surface area contributed by atoms with Gasteiger partial charge < -0.3 is 10.4 Å². The lowest BCUT2D eigenvalue weighted by molar-refractivity contribution is -0.117. The number of hydrogen-bond acceptors (Lipinski definition) is 3. The van der Waals surface area contributed by atoms with Crippen molar-refractivity contribution < 1.29 is 14.3 Å². The number of rotatable bonds is 3. The molecule has 7 heteroatoms. The van der Waals surface area contributed by atoms with E-state index in [-0.39, 0.29) is 23.1 Å². The van der Waals surface area contributed by atoms with Gasteiger partial charge in [-0.1, -0.05) is 29.3 Å². The minimum atomic E-state index is -0.791. The van der Waals surface area contributed by atoms with Crippen LogP contribution in [0.3, 0.4) is 0 Å². The molecule has 2 N–H and O–H groups in total. The zero-order chi connectivity index (χ0) is 21.4. The summed E-state index contributed by atoms with van der Waals surface area (Å²) in [5.74, 6) is -0.683. The summed E-state index contributed by atoms with van der Waals surface area (Å²) in [6.07, 6.45) is 0.197. The molecular weight excluding hydrogens is 426 g/mol. The Balaban J connectivity index is 1.83. The highest BCUT2D eigenvalue weighted by Crippen LogP contribution is 2.29. The quantitative estimate of drug-likeness (QED) is 0.558. The Morgan fingerprint density at radius 3 is 2.63 bits per heavy atom. The normalized spacial score (nSPS) is 15.8. The molecule has 4 nitrogen and oxygen atoms in total. The van der Waals surface area contributed by atoms with Gasteiger partial charge in [-0.3, -0.25) is 9.79 Å². The molecule has 1 unspecified atom stereocenters. The van der Waals surface area contributed by atoms with E-state index in [1.165, 1.54) is 12.1 Å². The lowest BCUT2D eigenvalue weighted by atomic mass is 9.98. The first-order valence-corrected chi connectivity index (χ1v) is 10.00. The van der Waals surface area contributed by atoms with Crippen LogP contribution in [0.15, 0.2) is 59.6 Å². The number of fused-ring (bicyclic) bond motifs is 1. The van der Waals surface area contributed by atoms with E-state index in [4.69, 9.17) is 28.2 Å². The average molecular weight is 443 g/mol. The number of carbonyl (C=O) groups excluding carboxylic acids is 1. The molecule has 0 spiro atoms. The molecule has 0 bridgehead atoms. The number of benzodiazepines with no additional fused rings is 1. The van der Waals surface area contributed by atoms with Gasteiger partial charge in [0.25, 0.3) is 0 Å². The summed E-state index contributed by atoms with van der Waals surface area (Å²) < 4.78 is 13.9. The van der Waals surface area contributed by atoms with Crippen LogP contribution in [0.4, 0.5) is 10.1 Å². The summed E-state index contributed by atoms with van der Waals surface area (Å²) >= 11 is 12.0. The molecule has 3 aromatic rings. The van der Waals surface area contributed by atoms with Crippen molar-refractivity contribution in [3.8, 4) is 5.75 Å². The molecule has 1 amide bonds. The number of carbonyl (C=O) groups is 1. The molecule has 0 saturated heterocycles. The van der Waals surface area contributed by atoms with Gasteiger partial charge in [-0.15, -0.1) is 0 Å². The monoisotopic (exact) mass is 442 g/mol. The lowest BCUT2D eigenvalue weighted by Gasteiger charge is -2.12. The Hall–Kier alpha value is -2.89. The topological polar surface area (TPSA) is 61.7 Å².